The minimum atomic E-state index is -0.174. The number of hydrazone groups is 1. The molecule has 0 radical (unpaired) electrons. The van der Waals surface area contributed by atoms with Crippen molar-refractivity contribution < 1.29 is 14.3 Å². The molecular formula is C30H31N3O3. The number of ether oxygens (including phenoxy) is 2. The third kappa shape index (κ3) is 4.89. The molecule has 0 saturated heterocycles. The molecule has 184 valence electrons. The van der Waals surface area contributed by atoms with E-state index >= 15 is 0 Å². The second kappa shape index (κ2) is 10.8. The lowest BCUT2D eigenvalue weighted by atomic mass is 9.77. The van der Waals surface area contributed by atoms with E-state index in [0.29, 0.717) is 18.8 Å². The molecule has 1 fully saturated rings. The van der Waals surface area contributed by atoms with Crippen molar-refractivity contribution in [1.29, 1.82) is 0 Å². The van der Waals surface area contributed by atoms with E-state index in [1.54, 1.807) is 29.5 Å². The van der Waals surface area contributed by atoms with Gasteiger partial charge in [-0.3, -0.25) is 9.78 Å². The van der Waals surface area contributed by atoms with Crippen molar-refractivity contribution in [2.24, 2.45) is 11.0 Å². The van der Waals surface area contributed by atoms with Crippen LogP contribution in [0.25, 0.3) is 6.08 Å². The fraction of sp³-hybridized carbons (Fsp3) is 0.300. The molecule has 0 spiro atoms. The molecule has 5 rings (SSSR count). The van der Waals surface area contributed by atoms with Gasteiger partial charge in [-0.1, -0.05) is 24.3 Å². The minimum absolute atomic E-state index is 0.131. The predicted octanol–water partition coefficient (Wildman–Crippen LogP) is 6.32. The Morgan fingerprint density at radius 2 is 1.69 bits per heavy atom. The summed E-state index contributed by atoms with van der Waals surface area (Å²) in [7, 11) is 0. The Morgan fingerprint density at radius 3 is 2.33 bits per heavy atom. The molecule has 2 aromatic carbocycles. The number of fused-ring (bicyclic) bond motifs is 1. The quantitative estimate of drug-likeness (QED) is 0.396. The number of rotatable bonds is 7. The number of hydrogen-bond donors (Lipinski definition) is 0. The van der Waals surface area contributed by atoms with Crippen LogP contribution in [-0.4, -0.2) is 34.8 Å². The fourth-order valence-corrected chi connectivity index (χ4v) is 5.08. The third-order valence-electron chi connectivity index (χ3n) is 6.68. The van der Waals surface area contributed by atoms with Crippen molar-refractivity contribution in [3.8, 4) is 11.5 Å². The summed E-state index contributed by atoms with van der Waals surface area (Å²) in [5.74, 6) is 1.68. The molecule has 6 nitrogen and oxygen atoms in total. The Kier molecular flexibility index (Phi) is 7.12. The zero-order valence-corrected chi connectivity index (χ0v) is 20.8. The van der Waals surface area contributed by atoms with Crippen LogP contribution in [0.5, 0.6) is 11.5 Å². The molecule has 0 unspecified atom stereocenters. The second-order valence-corrected chi connectivity index (χ2v) is 8.99. The first-order valence-corrected chi connectivity index (χ1v) is 12.7. The Labute approximate surface area is 212 Å². The van der Waals surface area contributed by atoms with Crippen molar-refractivity contribution in [2.45, 2.75) is 39.2 Å². The highest BCUT2D eigenvalue weighted by Crippen LogP contribution is 2.45. The number of allylic oxidation sites excluding steroid dienone is 1. The molecule has 1 aromatic heterocycles. The average Bonchev–Trinajstić information content (AvgIpc) is 3.31. The maximum absolute atomic E-state index is 13.6. The number of amides is 1. The highest BCUT2D eigenvalue weighted by Gasteiger charge is 2.44. The van der Waals surface area contributed by atoms with E-state index in [-0.39, 0.29) is 17.9 Å². The van der Waals surface area contributed by atoms with Crippen molar-refractivity contribution in [2.75, 3.05) is 13.2 Å². The van der Waals surface area contributed by atoms with Crippen molar-refractivity contribution in [1.82, 2.24) is 9.99 Å². The van der Waals surface area contributed by atoms with E-state index < -0.39 is 0 Å². The molecule has 1 aliphatic carbocycles. The lowest BCUT2D eigenvalue weighted by Crippen LogP contribution is -2.32. The van der Waals surface area contributed by atoms with Gasteiger partial charge in [0.05, 0.1) is 30.5 Å². The van der Waals surface area contributed by atoms with Crippen LogP contribution in [-0.2, 0) is 0 Å². The largest absolute Gasteiger partial charge is 0.494 e. The number of benzene rings is 2. The van der Waals surface area contributed by atoms with Crippen LogP contribution in [0, 0.1) is 5.92 Å². The molecule has 0 bridgehead atoms. The zero-order chi connectivity index (χ0) is 24.9. The Bertz CT molecular complexity index is 1250. The van der Waals surface area contributed by atoms with E-state index in [4.69, 9.17) is 14.6 Å². The van der Waals surface area contributed by atoms with Gasteiger partial charge in [-0.15, -0.1) is 0 Å². The number of hydrogen-bond acceptors (Lipinski definition) is 5. The van der Waals surface area contributed by atoms with Crippen molar-refractivity contribution >= 4 is 17.7 Å². The van der Waals surface area contributed by atoms with Crippen LogP contribution in [0.15, 0.2) is 83.7 Å². The van der Waals surface area contributed by atoms with E-state index in [1.165, 1.54) is 5.57 Å². The molecule has 1 amide bonds. The van der Waals surface area contributed by atoms with Crippen LogP contribution >= 0.6 is 0 Å². The maximum Gasteiger partial charge on any atom is 0.276 e. The van der Waals surface area contributed by atoms with Gasteiger partial charge < -0.3 is 9.47 Å². The average molecular weight is 482 g/mol. The molecule has 3 aromatic rings. The summed E-state index contributed by atoms with van der Waals surface area (Å²) in [5.41, 5.74) is 4.89. The third-order valence-corrected chi connectivity index (χ3v) is 6.68. The van der Waals surface area contributed by atoms with E-state index in [0.717, 1.165) is 47.6 Å². The lowest BCUT2D eigenvalue weighted by Gasteiger charge is -2.29. The molecule has 36 heavy (non-hydrogen) atoms. The minimum Gasteiger partial charge on any atom is -0.494 e. The number of pyridine rings is 1. The summed E-state index contributed by atoms with van der Waals surface area (Å²) in [5, 5.41) is 6.65. The lowest BCUT2D eigenvalue weighted by molar-refractivity contribution is 0.0680. The van der Waals surface area contributed by atoms with Gasteiger partial charge in [-0.05, 0) is 92.3 Å². The van der Waals surface area contributed by atoms with Crippen LogP contribution in [0.3, 0.4) is 0 Å². The summed E-state index contributed by atoms with van der Waals surface area (Å²) < 4.78 is 11.2. The fourth-order valence-electron chi connectivity index (χ4n) is 5.08. The highest BCUT2D eigenvalue weighted by atomic mass is 16.5. The molecule has 2 atom stereocenters. The molecular weight excluding hydrogens is 450 g/mol. The van der Waals surface area contributed by atoms with E-state index in [1.807, 2.05) is 38.1 Å². The molecule has 0 N–H and O–H groups in total. The Morgan fingerprint density at radius 1 is 1.00 bits per heavy atom. The SMILES string of the molecule is CCOc1ccc(/C=C2\CCC[C@H]3C2=NN(C(=O)c2cccnc2)[C@H]3c2ccc(OCC)cc2)cc1. The molecule has 2 heterocycles. The monoisotopic (exact) mass is 481 g/mol. The summed E-state index contributed by atoms with van der Waals surface area (Å²) in [6.45, 7) is 5.21. The van der Waals surface area contributed by atoms with Crippen molar-refractivity contribution in [3.63, 3.8) is 0 Å². The summed E-state index contributed by atoms with van der Waals surface area (Å²) in [6.07, 6.45) is 8.45. The van der Waals surface area contributed by atoms with Gasteiger partial charge in [0, 0.05) is 18.3 Å². The molecule has 1 aliphatic heterocycles. The van der Waals surface area contributed by atoms with Gasteiger partial charge in [0.25, 0.3) is 5.91 Å². The van der Waals surface area contributed by atoms with Gasteiger partial charge >= 0.3 is 0 Å². The van der Waals surface area contributed by atoms with E-state index in [2.05, 4.69) is 35.3 Å². The van der Waals surface area contributed by atoms with Crippen LogP contribution in [0.2, 0.25) is 0 Å². The molecule has 6 heteroatoms. The van der Waals surface area contributed by atoms with Gasteiger partial charge in [-0.2, -0.15) is 5.10 Å². The van der Waals surface area contributed by atoms with Gasteiger partial charge in [0.1, 0.15) is 11.5 Å². The van der Waals surface area contributed by atoms with Crippen molar-refractivity contribution in [3.05, 3.63) is 95.3 Å². The smallest absolute Gasteiger partial charge is 0.276 e. The zero-order valence-electron chi connectivity index (χ0n) is 20.8. The number of aromatic nitrogens is 1. The Hall–Kier alpha value is -3.93. The molecule has 2 aliphatic rings. The predicted molar refractivity (Wildman–Crippen MR) is 141 cm³/mol. The van der Waals surface area contributed by atoms with Crippen LogP contribution < -0.4 is 9.47 Å². The Balaban J connectivity index is 1.51. The van der Waals surface area contributed by atoms with Crippen LogP contribution in [0.4, 0.5) is 0 Å². The number of nitrogens with zero attached hydrogens (tertiary/aromatic N) is 3. The van der Waals surface area contributed by atoms with E-state index in [9.17, 15) is 4.79 Å². The van der Waals surface area contributed by atoms with Crippen LogP contribution in [0.1, 0.15) is 60.6 Å². The first-order chi connectivity index (χ1) is 17.7. The number of carbonyl (C=O) groups excluding carboxylic acids is 1. The topological polar surface area (TPSA) is 64.0 Å². The first kappa shape index (κ1) is 23.8. The number of carbonyl (C=O) groups is 1. The van der Waals surface area contributed by atoms with Gasteiger partial charge in [0.2, 0.25) is 0 Å². The second-order valence-electron chi connectivity index (χ2n) is 8.99. The van der Waals surface area contributed by atoms with Gasteiger partial charge in [0.15, 0.2) is 0 Å². The normalized spacial score (nSPS) is 20.1. The van der Waals surface area contributed by atoms with Gasteiger partial charge in [-0.25, -0.2) is 5.01 Å². The standard InChI is InChI=1S/C30H31N3O3/c1-3-35-25-14-10-21(11-15-25)19-23-7-5-9-27-28(23)32-33(30(34)24-8-6-18-31-20-24)29(27)22-12-16-26(17-13-22)36-4-2/h6,8,10-20,27,29H,3-5,7,9H2,1-2H3/b23-19+/t27-,29-/m0/s1. The molecule has 1 saturated carbocycles. The first-order valence-electron chi connectivity index (χ1n) is 12.7. The summed E-state index contributed by atoms with van der Waals surface area (Å²) in [4.78, 5) is 17.8. The maximum atomic E-state index is 13.6. The summed E-state index contributed by atoms with van der Waals surface area (Å²) in [6, 6.07) is 19.6. The highest BCUT2D eigenvalue weighted by molar-refractivity contribution is 6.09. The summed E-state index contributed by atoms with van der Waals surface area (Å²) >= 11 is 0.